The van der Waals surface area contributed by atoms with Gasteiger partial charge in [0.05, 0.1) is 32.6 Å². The summed E-state index contributed by atoms with van der Waals surface area (Å²) in [6, 6.07) is 4.24. The summed E-state index contributed by atoms with van der Waals surface area (Å²) in [4.78, 5) is 11.9. The van der Waals surface area contributed by atoms with Crippen molar-refractivity contribution in [1.29, 1.82) is 0 Å². The van der Waals surface area contributed by atoms with E-state index in [1.165, 1.54) is 36.9 Å². The number of methoxy groups -OCH3 is 3. The second-order valence-corrected chi connectivity index (χ2v) is 9.90. The van der Waals surface area contributed by atoms with Gasteiger partial charge in [-0.05, 0) is 63.8 Å². The van der Waals surface area contributed by atoms with Crippen molar-refractivity contribution in [3.8, 4) is 17.2 Å². The lowest BCUT2D eigenvalue weighted by Crippen LogP contribution is -2.32. The fourth-order valence-electron chi connectivity index (χ4n) is 5.36. The Morgan fingerprint density at radius 1 is 0.914 bits per heavy atom. The fourth-order valence-corrected chi connectivity index (χ4v) is 5.36. The van der Waals surface area contributed by atoms with Gasteiger partial charge in [0.25, 0.3) is 0 Å². The first-order chi connectivity index (χ1) is 17.0. The minimum Gasteiger partial charge on any atom is -0.496 e. The largest absolute Gasteiger partial charge is 0.496 e. The van der Waals surface area contributed by atoms with Crippen LogP contribution in [0.2, 0.25) is 0 Å². The van der Waals surface area contributed by atoms with Crippen LogP contribution in [0.4, 0.5) is 11.8 Å². The first kappa shape index (κ1) is 25.4. The average Bonchev–Trinajstić information content (AvgIpc) is 2.88. The Kier molecular flexibility index (Phi) is 8.55. The molecule has 1 heterocycles. The van der Waals surface area contributed by atoms with Crippen molar-refractivity contribution in [2.24, 2.45) is 5.92 Å². The molecular formula is C27H41N5O3. The van der Waals surface area contributed by atoms with Gasteiger partial charge in [-0.15, -0.1) is 0 Å². The quantitative estimate of drug-likeness (QED) is 0.520. The molecule has 1 fully saturated rings. The summed E-state index contributed by atoms with van der Waals surface area (Å²) in [5.74, 6) is 4.83. The van der Waals surface area contributed by atoms with Crippen molar-refractivity contribution in [1.82, 2.24) is 15.3 Å². The van der Waals surface area contributed by atoms with Crippen molar-refractivity contribution >= 4 is 11.8 Å². The standard InChI is InChI=1S/C27H41N5O3/c1-32(2)26-21-8-6-7-9-23(21)30-27(31-26)29-19-12-10-18(11-13-19)16-28-17-22-24(34-4)14-20(33-3)15-25(22)35-5/h14-15,18-19,28H,6-13,16-17H2,1-5H3,(H,29,30,31)/t18-,19+. The molecule has 35 heavy (non-hydrogen) atoms. The molecular weight excluding hydrogens is 442 g/mol. The van der Waals surface area contributed by atoms with Gasteiger partial charge in [-0.3, -0.25) is 0 Å². The Balaban J connectivity index is 1.29. The van der Waals surface area contributed by atoms with Crippen molar-refractivity contribution in [3.05, 3.63) is 29.0 Å². The van der Waals surface area contributed by atoms with Gasteiger partial charge in [0.1, 0.15) is 23.1 Å². The van der Waals surface area contributed by atoms with Crippen LogP contribution in [0.5, 0.6) is 17.2 Å². The zero-order chi connectivity index (χ0) is 24.8. The Morgan fingerprint density at radius 2 is 1.60 bits per heavy atom. The lowest BCUT2D eigenvalue weighted by atomic mass is 9.86. The molecule has 0 spiro atoms. The Hall–Kier alpha value is -2.74. The maximum atomic E-state index is 5.58. The van der Waals surface area contributed by atoms with Gasteiger partial charge in [0, 0.05) is 44.4 Å². The second-order valence-electron chi connectivity index (χ2n) is 9.90. The minimum atomic E-state index is 0.435. The summed E-state index contributed by atoms with van der Waals surface area (Å²) in [6.07, 6.45) is 9.27. The van der Waals surface area contributed by atoms with Crippen molar-refractivity contribution in [3.63, 3.8) is 0 Å². The van der Waals surface area contributed by atoms with E-state index in [-0.39, 0.29) is 0 Å². The van der Waals surface area contributed by atoms with Crippen LogP contribution in [-0.2, 0) is 19.4 Å². The summed E-state index contributed by atoms with van der Waals surface area (Å²) < 4.78 is 16.5. The summed E-state index contributed by atoms with van der Waals surface area (Å²) in [7, 11) is 9.17. The number of aromatic nitrogens is 2. The van der Waals surface area contributed by atoms with Crippen molar-refractivity contribution in [2.75, 3.05) is 52.2 Å². The second kappa shape index (κ2) is 11.8. The molecule has 2 aromatic rings. The topological polar surface area (TPSA) is 80.8 Å². The molecule has 0 aliphatic heterocycles. The van der Waals surface area contributed by atoms with Crippen LogP contribution in [-0.4, -0.2) is 58.0 Å². The Morgan fingerprint density at radius 3 is 2.23 bits per heavy atom. The normalized spacial score (nSPS) is 19.6. The zero-order valence-electron chi connectivity index (χ0n) is 21.9. The van der Waals surface area contributed by atoms with E-state index in [0.717, 1.165) is 66.8 Å². The smallest absolute Gasteiger partial charge is 0.225 e. The van der Waals surface area contributed by atoms with Crippen molar-refractivity contribution in [2.45, 2.75) is 64.0 Å². The third-order valence-electron chi connectivity index (χ3n) is 7.32. The lowest BCUT2D eigenvalue weighted by Gasteiger charge is -2.30. The Labute approximate surface area is 209 Å². The number of hydrogen-bond donors (Lipinski definition) is 2. The average molecular weight is 484 g/mol. The molecule has 2 aliphatic carbocycles. The van der Waals surface area contributed by atoms with E-state index in [0.29, 0.717) is 18.5 Å². The third kappa shape index (κ3) is 6.10. The number of benzene rings is 1. The number of aryl methyl sites for hydroxylation is 1. The number of anilines is 2. The minimum absolute atomic E-state index is 0.435. The fraction of sp³-hybridized carbons (Fsp3) is 0.630. The summed E-state index contributed by atoms with van der Waals surface area (Å²) in [5.41, 5.74) is 3.60. The first-order valence-corrected chi connectivity index (χ1v) is 12.9. The molecule has 8 heteroatoms. The van der Waals surface area contributed by atoms with Crippen LogP contribution < -0.4 is 29.7 Å². The highest BCUT2D eigenvalue weighted by molar-refractivity contribution is 5.53. The van der Waals surface area contributed by atoms with Crippen LogP contribution in [0.15, 0.2) is 12.1 Å². The number of nitrogens with one attached hydrogen (secondary N) is 2. The highest BCUT2D eigenvalue weighted by Gasteiger charge is 2.24. The van der Waals surface area contributed by atoms with Crippen LogP contribution in [0, 0.1) is 5.92 Å². The zero-order valence-corrected chi connectivity index (χ0v) is 21.9. The number of ether oxygens (including phenoxy) is 3. The maximum Gasteiger partial charge on any atom is 0.225 e. The van der Waals surface area contributed by atoms with E-state index in [1.54, 1.807) is 21.3 Å². The molecule has 0 radical (unpaired) electrons. The molecule has 2 N–H and O–H groups in total. The van der Waals surface area contributed by atoms with Crippen LogP contribution in [0.25, 0.3) is 0 Å². The number of rotatable bonds is 10. The van der Waals surface area contributed by atoms with Gasteiger partial charge in [-0.2, -0.15) is 4.98 Å². The van der Waals surface area contributed by atoms with E-state index in [4.69, 9.17) is 24.2 Å². The lowest BCUT2D eigenvalue weighted by molar-refractivity contribution is 0.320. The number of fused-ring (bicyclic) bond motifs is 1. The van der Waals surface area contributed by atoms with Crippen LogP contribution >= 0.6 is 0 Å². The van der Waals surface area contributed by atoms with Gasteiger partial charge in [0.2, 0.25) is 5.95 Å². The van der Waals surface area contributed by atoms with Gasteiger partial charge in [-0.1, -0.05) is 0 Å². The molecule has 192 valence electrons. The first-order valence-electron chi connectivity index (χ1n) is 12.9. The number of nitrogens with zero attached hydrogens (tertiary/aromatic N) is 3. The molecule has 8 nitrogen and oxygen atoms in total. The molecule has 1 aromatic heterocycles. The molecule has 0 saturated heterocycles. The highest BCUT2D eigenvalue weighted by Crippen LogP contribution is 2.34. The molecule has 2 aliphatic rings. The molecule has 4 rings (SSSR count). The third-order valence-corrected chi connectivity index (χ3v) is 7.32. The molecule has 1 aromatic carbocycles. The summed E-state index contributed by atoms with van der Waals surface area (Å²) in [6.45, 7) is 1.68. The van der Waals surface area contributed by atoms with E-state index in [1.807, 2.05) is 12.1 Å². The van der Waals surface area contributed by atoms with Gasteiger partial charge >= 0.3 is 0 Å². The summed E-state index contributed by atoms with van der Waals surface area (Å²) in [5, 5.41) is 7.28. The molecule has 0 unspecified atom stereocenters. The molecule has 0 atom stereocenters. The van der Waals surface area contributed by atoms with E-state index in [2.05, 4.69) is 29.6 Å². The maximum absolute atomic E-state index is 5.58. The van der Waals surface area contributed by atoms with E-state index >= 15 is 0 Å². The predicted molar refractivity (Wildman–Crippen MR) is 140 cm³/mol. The molecule has 0 bridgehead atoms. The number of hydrogen-bond acceptors (Lipinski definition) is 8. The summed E-state index contributed by atoms with van der Waals surface area (Å²) >= 11 is 0. The monoisotopic (exact) mass is 483 g/mol. The Bertz CT molecular complexity index is 964. The van der Waals surface area contributed by atoms with Crippen molar-refractivity contribution < 1.29 is 14.2 Å². The van der Waals surface area contributed by atoms with Gasteiger partial charge in [0.15, 0.2) is 0 Å². The van der Waals surface area contributed by atoms with E-state index < -0.39 is 0 Å². The van der Waals surface area contributed by atoms with Crippen LogP contribution in [0.3, 0.4) is 0 Å². The van der Waals surface area contributed by atoms with Gasteiger partial charge in [-0.25, -0.2) is 4.98 Å². The van der Waals surface area contributed by atoms with Gasteiger partial charge < -0.3 is 29.7 Å². The SMILES string of the molecule is COc1cc(OC)c(CNC[C@H]2CC[C@@H](Nc3nc4c(c(N(C)C)n3)CCCC4)CC2)c(OC)c1. The highest BCUT2D eigenvalue weighted by atomic mass is 16.5. The molecule has 1 saturated carbocycles. The van der Waals surface area contributed by atoms with Crippen LogP contribution in [0.1, 0.15) is 55.3 Å². The molecule has 0 amide bonds. The predicted octanol–water partition coefficient (Wildman–Crippen LogP) is 4.21. The van der Waals surface area contributed by atoms with E-state index in [9.17, 15) is 0 Å².